The van der Waals surface area contributed by atoms with Crippen molar-refractivity contribution in [1.82, 2.24) is 11.5 Å². The molecule has 5 nitrogen and oxygen atoms in total. The predicted molar refractivity (Wildman–Crippen MR) is 56.6 cm³/mol. The first kappa shape index (κ1) is 13.5. The first-order chi connectivity index (χ1) is 6.08. The van der Waals surface area contributed by atoms with Gasteiger partial charge in [-0.25, -0.2) is 8.42 Å². The highest BCUT2D eigenvalue weighted by molar-refractivity contribution is 7.85. The van der Waals surface area contributed by atoms with Crippen LogP contribution >= 0.6 is 11.3 Å². The Labute approximate surface area is 87.5 Å². The third-order valence-corrected chi connectivity index (χ3v) is 2.87. The molecule has 82 valence electrons. The molecule has 0 bridgehead atoms. The van der Waals surface area contributed by atoms with Gasteiger partial charge in [0.25, 0.3) is 0 Å². The quantitative estimate of drug-likeness (QED) is 0.583. The highest BCUT2D eigenvalue weighted by Gasteiger charge is 1.95. The summed E-state index contributed by atoms with van der Waals surface area (Å²) in [5.74, 6) is -0.350. The lowest BCUT2D eigenvalue weighted by Gasteiger charge is -2.06. The molecule has 7 heteroatoms. The van der Waals surface area contributed by atoms with Crippen LogP contribution in [-0.4, -0.2) is 25.3 Å². The third-order valence-electron chi connectivity index (χ3n) is 1.44. The van der Waals surface area contributed by atoms with E-state index >= 15 is 0 Å². The number of hydrogen-bond donors (Lipinski definition) is 2. The van der Waals surface area contributed by atoms with Crippen molar-refractivity contribution in [3.63, 3.8) is 0 Å². The summed E-state index contributed by atoms with van der Waals surface area (Å²) in [7, 11) is -4.08. The summed E-state index contributed by atoms with van der Waals surface area (Å²) in [5.41, 5.74) is 1.10. The smallest absolute Gasteiger partial charge is 0.0958 e. The summed E-state index contributed by atoms with van der Waals surface area (Å²) in [5, 5.41) is 6.79. The summed E-state index contributed by atoms with van der Waals surface area (Å²) in [4.78, 5) is 0. The van der Waals surface area contributed by atoms with Crippen LogP contribution in [0.4, 0.5) is 0 Å². The van der Waals surface area contributed by atoms with Gasteiger partial charge in [0, 0.05) is 13.1 Å². The van der Waals surface area contributed by atoms with E-state index in [0.717, 1.165) is 5.56 Å². The molecule has 0 saturated carbocycles. The monoisotopic (exact) mass is 238 g/mol. The molecule has 0 radical (unpaired) electrons. The lowest BCUT2D eigenvalue weighted by Crippen LogP contribution is -2.22. The number of rotatable bonds is 5. The zero-order valence-electron chi connectivity index (χ0n) is 7.89. The SMILES string of the molecule is O=S(=O)([O-])CCNCc1ccsc1.[NH4+]. The van der Waals surface area contributed by atoms with Crippen LogP contribution in [0.1, 0.15) is 5.56 Å². The van der Waals surface area contributed by atoms with Crippen molar-refractivity contribution in [1.29, 1.82) is 0 Å². The molecule has 0 fully saturated rings. The van der Waals surface area contributed by atoms with Gasteiger partial charge in [-0.15, -0.1) is 0 Å². The zero-order chi connectivity index (χ0) is 9.73. The molecular formula is C7H14N2O3S2. The van der Waals surface area contributed by atoms with Crippen molar-refractivity contribution < 1.29 is 13.0 Å². The second-order valence-electron chi connectivity index (χ2n) is 2.57. The lowest BCUT2D eigenvalue weighted by atomic mass is 10.3. The second-order valence-corrected chi connectivity index (χ2v) is 4.87. The maximum atomic E-state index is 10.2. The molecule has 0 aromatic carbocycles. The molecule has 1 aromatic rings. The van der Waals surface area contributed by atoms with Crippen LogP contribution < -0.4 is 11.5 Å². The molecule has 0 atom stereocenters. The number of nitrogens with one attached hydrogen (secondary N) is 1. The molecule has 14 heavy (non-hydrogen) atoms. The van der Waals surface area contributed by atoms with E-state index in [1.807, 2.05) is 16.8 Å². The van der Waals surface area contributed by atoms with Crippen molar-refractivity contribution in [2.75, 3.05) is 12.3 Å². The molecular weight excluding hydrogens is 224 g/mol. The highest BCUT2D eigenvalue weighted by Crippen LogP contribution is 2.04. The summed E-state index contributed by atoms with van der Waals surface area (Å²) in [6.07, 6.45) is 0. The van der Waals surface area contributed by atoms with E-state index in [9.17, 15) is 13.0 Å². The normalized spacial score (nSPS) is 10.9. The fraction of sp³-hybridized carbons (Fsp3) is 0.429. The largest absolute Gasteiger partial charge is 0.748 e. The molecule has 0 saturated heterocycles. The minimum absolute atomic E-state index is 0. The van der Waals surface area contributed by atoms with Crippen molar-refractivity contribution in [3.05, 3.63) is 22.4 Å². The number of quaternary nitrogens is 1. The molecule has 0 aliphatic rings. The topological polar surface area (TPSA) is 106 Å². The van der Waals surface area contributed by atoms with Crippen LogP contribution in [0.2, 0.25) is 0 Å². The summed E-state index contributed by atoms with van der Waals surface area (Å²) in [6, 6.07) is 1.95. The second kappa shape index (κ2) is 6.10. The van der Waals surface area contributed by atoms with Gasteiger partial charge in [0.1, 0.15) is 0 Å². The van der Waals surface area contributed by atoms with Gasteiger partial charge in [-0.05, 0) is 22.4 Å². The predicted octanol–water partition coefficient (Wildman–Crippen LogP) is 0.759. The molecule has 0 aliphatic heterocycles. The van der Waals surface area contributed by atoms with Crippen molar-refractivity contribution >= 4 is 21.5 Å². The fourth-order valence-corrected chi connectivity index (χ4v) is 1.89. The van der Waals surface area contributed by atoms with Gasteiger partial charge in [-0.1, -0.05) is 0 Å². The standard InChI is InChI=1S/C7H11NO3S2.H3N/c9-13(10,11)4-2-8-5-7-1-3-12-6-7;/h1,3,6,8H,2,4-5H2,(H,9,10,11);1H3. The van der Waals surface area contributed by atoms with Crippen LogP contribution in [0.5, 0.6) is 0 Å². The van der Waals surface area contributed by atoms with Gasteiger partial charge in [-0.3, -0.25) is 0 Å². The molecule has 5 N–H and O–H groups in total. The average molecular weight is 238 g/mol. The van der Waals surface area contributed by atoms with Gasteiger partial charge < -0.3 is 16.0 Å². The molecule has 1 rings (SSSR count). The van der Waals surface area contributed by atoms with E-state index in [1.54, 1.807) is 11.3 Å². The Kier molecular flexibility index (Phi) is 5.89. The van der Waals surface area contributed by atoms with E-state index in [2.05, 4.69) is 5.32 Å². The minimum Gasteiger partial charge on any atom is -0.748 e. The maximum Gasteiger partial charge on any atom is 0.0958 e. The van der Waals surface area contributed by atoms with Crippen molar-refractivity contribution in [2.24, 2.45) is 0 Å². The van der Waals surface area contributed by atoms with E-state index in [1.165, 1.54) is 0 Å². The maximum absolute atomic E-state index is 10.2. The Bertz CT molecular complexity index is 334. The van der Waals surface area contributed by atoms with Gasteiger partial charge in [0.05, 0.1) is 15.9 Å². The number of thiophene rings is 1. The van der Waals surface area contributed by atoms with Crippen LogP contribution in [0, 0.1) is 0 Å². The third kappa shape index (κ3) is 6.06. The van der Waals surface area contributed by atoms with Crippen LogP contribution in [0.3, 0.4) is 0 Å². The number of hydrogen-bond acceptors (Lipinski definition) is 5. The minimum atomic E-state index is -4.08. The molecule has 0 amide bonds. The van der Waals surface area contributed by atoms with Crippen LogP contribution in [0.25, 0.3) is 0 Å². The van der Waals surface area contributed by atoms with E-state index < -0.39 is 10.1 Å². The van der Waals surface area contributed by atoms with Crippen LogP contribution in [-0.2, 0) is 16.7 Å². The Morgan fingerprint density at radius 1 is 1.50 bits per heavy atom. The molecule has 1 aromatic heterocycles. The Morgan fingerprint density at radius 2 is 2.21 bits per heavy atom. The first-order valence-electron chi connectivity index (χ1n) is 3.73. The van der Waals surface area contributed by atoms with Gasteiger partial charge in [-0.2, -0.15) is 11.3 Å². The zero-order valence-corrected chi connectivity index (χ0v) is 9.53. The molecule has 0 spiro atoms. The van der Waals surface area contributed by atoms with Gasteiger partial charge in [0.2, 0.25) is 0 Å². The molecule has 1 heterocycles. The van der Waals surface area contributed by atoms with Gasteiger partial charge >= 0.3 is 0 Å². The summed E-state index contributed by atoms with van der Waals surface area (Å²) in [6.45, 7) is 0.820. The van der Waals surface area contributed by atoms with Crippen molar-refractivity contribution in [2.45, 2.75) is 6.54 Å². The first-order valence-corrected chi connectivity index (χ1v) is 6.25. The summed E-state index contributed by atoms with van der Waals surface area (Å²) < 4.78 is 30.6. The van der Waals surface area contributed by atoms with E-state index in [4.69, 9.17) is 0 Å². The lowest BCUT2D eigenvalue weighted by molar-refractivity contribution is 0.461. The van der Waals surface area contributed by atoms with Crippen molar-refractivity contribution in [3.8, 4) is 0 Å². The van der Waals surface area contributed by atoms with E-state index in [-0.39, 0.29) is 18.4 Å². The molecule has 0 aliphatic carbocycles. The Hall–Kier alpha value is -0.470. The summed E-state index contributed by atoms with van der Waals surface area (Å²) >= 11 is 1.58. The van der Waals surface area contributed by atoms with Gasteiger partial charge in [0.15, 0.2) is 0 Å². The van der Waals surface area contributed by atoms with Crippen LogP contribution in [0.15, 0.2) is 16.8 Å². The fourth-order valence-electron chi connectivity index (χ4n) is 0.823. The highest BCUT2D eigenvalue weighted by atomic mass is 32.2. The van der Waals surface area contributed by atoms with E-state index in [0.29, 0.717) is 6.54 Å². The Balaban J connectivity index is 0.00000169. The molecule has 0 unspecified atom stereocenters. The average Bonchev–Trinajstić information content (AvgIpc) is 2.48. The Morgan fingerprint density at radius 3 is 2.71 bits per heavy atom.